The van der Waals surface area contributed by atoms with Gasteiger partial charge < -0.3 is 20.6 Å². The molecule has 0 fully saturated rings. The van der Waals surface area contributed by atoms with Crippen molar-refractivity contribution in [1.82, 2.24) is 5.32 Å². The number of aliphatic hydroxyl groups excluding tert-OH is 3. The molecule has 336 valence electrons. The molecule has 4 N–H and O–H groups in total. The van der Waals surface area contributed by atoms with Gasteiger partial charge in [0.1, 0.15) is 6.10 Å². The molecule has 0 saturated heterocycles. The smallest absolute Gasteiger partial charge is 0.220 e. The number of aliphatic hydroxyl groups is 3. The normalized spacial score (nSPS) is 13.7. The van der Waals surface area contributed by atoms with Crippen LogP contribution in [-0.4, -0.2) is 46.1 Å². The second-order valence-corrected chi connectivity index (χ2v) is 17.4. The summed E-state index contributed by atoms with van der Waals surface area (Å²) in [7, 11) is 0. The molecule has 0 radical (unpaired) electrons. The minimum Gasteiger partial charge on any atom is -0.394 e. The van der Waals surface area contributed by atoms with Gasteiger partial charge in [-0.25, -0.2) is 0 Å². The number of allylic oxidation sites excluding steroid dienone is 6. The molecule has 0 saturated carbocycles. The molecule has 3 unspecified atom stereocenters. The predicted molar refractivity (Wildman–Crippen MR) is 250 cm³/mol. The van der Waals surface area contributed by atoms with E-state index in [1.807, 2.05) is 0 Å². The summed E-state index contributed by atoms with van der Waals surface area (Å²) in [5.74, 6) is -0.155. The highest BCUT2D eigenvalue weighted by Gasteiger charge is 2.26. The highest BCUT2D eigenvalue weighted by Crippen LogP contribution is 2.16. The van der Waals surface area contributed by atoms with E-state index in [0.717, 1.165) is 44.9 Å². The fourth-order valence-corrected chi connectivity index (χ4v) is 7.78. The summed E-state index contributed by atoms with van der Waals surface area (Å²) in [6.45, 7) is 4.12. The van der Waals surface area contributed by atoms with Crippen LogP contribution in [0, 0.1) is 0 Å². The highest BCUT2D eigenvalue weighted by atomic mass is 16.3. The van der Waals surface area contributed by atoms with Gasteiger partial charge in [-0.3, -0.25) is 4.79 Å². The Kier molecular flexibility index (Phi) is 46.1. The number of carbonyl (C=O) groups excluding carboxylic acids is 1. The fraction of sp³-hybridized carbons (Fsp3) is 0.865. The highest BCUT2D eigenvalue weighted by molar-refractivity contribution is 5.76. The zero-order chi connectivity index (χ0) is 41.5. The number of hydrogen-bond donors (Lipinski definition) is 4. The van der Waals surface area contributed by atoms with Crippen molar-refractivity contribution in [2.24, 2.45) is 0 Å². The van der Waals surface area contributed by atoms with Gasteiger partial charge in [0.2, 0.25) is 5.91 Å². The molecule has 0 aliphatic rings. The van der Waals surface area contributed by atoms with Crippen molar-refractivity contribution in [3.8, 4) is 0 Å². The lowest BCUT2D eigenvalue weighted by Gasteiger charge is -2.26. The summed E-state index contributed by atoms with van der Waals surface area (Å²) in [5, 5.41) is 33.3. The van der Waals surface area contributed by atoms with Crippen LogP contribution in [-0.2, 0) is 4.79 Å². The maximum Gasteiger partial charge on any atom is 0.220 e. The number of hydrogen-bond acceptors (Lipinski definition) is 4. The van der Waals surface area contributed by atoms with Gasteiger partial charge in [-0.15, -0.1) is 0 Å². The molecule has 0 aliphatic heterocycles. The van der Waals surface area contributed by atoms with Crippen molar-refractivity contribution >= 4 is 5.91 Å². The molecule has 5 nitrogen and oxygen atoms in total. The first kappa shape index (κ1) is 55.6. The SMILES string of the molecule is CCCCC/C=C/CCCC(O)C(O)C(CO)NC(=O)CCCCCCCCCCCCCCCCCCC/C=C\C/C=C\CCCCCCCCCCCCC. The van der Waals surface area contributed by atoms with Crippen molar-refractivity contribution in [3.63, 3.8) is 0 Å². The lowest BCUT2D eigenvalue weighted by Crippen LogP contribution is -2.50. The van der Waals surface area contributed by atoms with Crippen LogP contribution >= 0.6 is 0 Å². The molecular formula is C52H99NO4. The van der Waals surface area contributed by atoms with Crippen molar-refractivity contribution in [3.05, 3.63) is 36.5 Å². The van der Waals surface area contributed by atoms with Crippen molar-refractivity contribution in [1.29, 1.82) is 0 Å². The third kappa shape index (κ3) is 42.5. The molecule has 0 aromatic heterocycles. The lowest BCUT2D eigenvalue weighted by atomic mass is 10.0. The van der Waals surface area contributed by atoms with Crippen molar-refractivity contribution in [2.45, 2.75) is 283 Å². The van der Waals surface area contributed by atoms with Gasteiger partial charge in [0.05, 0.1) is 18.8 Å². The minimum atomic E-state index is -1.16. The van der Waals surface area contributed by atoms with E-state index >= 15 is 0 Å². The lowest BCUT2D eigenvalue weighted by molar-refractivity contribution is -0.124. The summed E-state index contributed by atoms with van der Waals surface area (Å²) in [6.07, 6.45) is 60.3. The number of carbonyl (C=O) groups is 1. The van der Waals surface area contributed by atoms with Crippen molar-refractivity contribution in [2.75, 3.05) is 6.61 Å². The third-order valence-corrected chi connectivity index (χ3v) is 11.7. The third-order valence-electron chi connectivity index (χ3n) is 11.7. The first-order chi connectivity index (χ1) is 28.1. The number of unbranched alkanes of at least 4 members (excludes halogenated alkanes) is 32. The molecule has 3 atom stereocenters. The molecule has 1 amide bonds. The van der Waals surface area contributed by atoms with E-state index in [9.17, 15) is 20.1 Å². The molecule has 0 rings (SSSR count). The van der Waals surface area contributed by atoms with Gasteiger partial charge in [0.25, 0.3) is 0 Å². The summed E-state index contributed by atoms with van der Waals surface area (Å²) in [4.78, 5) is 12.4. The Morgan fingerprint density at radius 1 is 0.439 bits per heavy atom. The van der Waals surface area contributed by atoms with E-state index in [2.05, 4.69) is 55.6 Å². The van der Waals surface area contributed by atoms with Crippen LogP contribution < -0.4 is 5.32 Å². The van der Waals surface area contributed by atoms with Crippen LogP contribution in [0.4, 0.5) is 0 Å². The molecular weight excluding hydrogens is 703 g/mol. The molecule has 0 heterocycles. The van der Waals surface area contributed by atoms with E-state index in [1.165, 1.54) is 193 Å². The first-order valence-corrected chi connectivity index (χ1v) is 25.3. The summed E-state index contributed by atoms with van der Waals surface area (Å²) in [5.41, 5.74) is 0. The quantitative estimate of drug-likeness (QED) is 0.0365. The molecule has 0 aromatic rings. The van der Waals surface area contributed by atoms with Gasteiger partial charge >= 0.3 is 0 Å². The number of amides is 1. The maximum atomic E-state index is 12.4. The predicted octanol–water partition coefficient (Wildman–Crippen LogP) is 15.1. The topological polar surface area (TPSA) is 89.8 Å². The monoisotopic (exact) mass is 802 g/mol. The second kappa shape index (κ2) is 47.3. The average Bonchev–Trinajstić information content (AvgIpc) is 3.22. The maximum absolute atomic E-state index is 12.4. The van der Waals surface area contributed by atoms with Crippen molar-refractivity contribution < 1.29 is 20.1 Å². The van der Waals surface area contributed by atoms with E-state index < -0.39 is 18.2 Å². The van der Waals surface area contributed by atoms with E-state index in [0.29, 0.717) is 12.8 Å². The van der Waals surface area contributed by atoms with Gasteiger partial charge in [-0.1, -0.05) is 224 Å². The second-order valence-electron chi connectivity index (χ2n) is 17.4. The molecule has 0 aliphatic carbocycles. The van der Waals surface area contributed by atoms with Gasteiger partial charge in [-0.2, -0.15) is 0 Å². The first-order valence-electron chi connectivity index (χ1n) is 25.3. The molecule has 0 aromatic carbocycles. The number of nitrogens with one attached hydrogen (secondary N) is 1. The molecule has 57 heavy (non-hydrogen) atoms. The van der Waals surface area contributed by atoms with Crippen LogP contribution in [0.5, 0.6) is 0 Å². The standard InChI is InChI=1S/C52H99NO4/c1-3-5-7-9-11-13-14-15-16-17-18-19-20-21-22-23-24-25-26-27-28-29-30-31-32-33-34-35-36-37-38-39-41-43-45-47-51(56)53-49(48-54)52(57)50(55)46-44-42-40-12-10-8-6-4-2/h12,20-21,23-24,40,49-50,52,54-55,57H,3-11,13-19,22,25-39,41-48H2,1-2H3,(H,53,56)/b21-20-,24-23-,40-12+. The van der Waals surface area contributed by atoms with Crippen LogP contribution in [0.15, 0.2) is 36.5 Å². The summed E-state index contributed by atoms with van der Waals surface area (Å²) >= 11 is 0. The fourth-order valence-electron chi connectivity index (χ4n) is 7.78. The Morgan fingerprint density at radius 2 is 0.754 bits per heavy atom. The molecule has 5 heteroatoms. The van der Waals surface area contributed by atoms with Gasteiger partial charge in [0, 0.05) is 6.42 Å². The van der Waals surface area contributed by atoms with Crippen LogP contribution in [0.25, 0.3) is 0 Å². The summed E-state index contributed by atoms with van der Waals surface area (Å²) in [6, 6.07) is -0.823. The zero-order valence-electron chi connectivity index (χ0n) is 38.2. The van der Waals surface area contributed by atoms with Crippen LogP contribution in [0.3, 0.4) is 0 Å². The minimum absolute atomic E-state index is 0.155. The Balaban J connectivity index is 3.45. The molecule has 0 spiro atoms. The van der Waals surface area contributed by atoms with Gasteiger partial charge in [-0.05, 0) is 70.6 Å². The zero-order valence-corrected chi connectivity index (χ0v) is 38.2. The van der Waals surface area contributed by atoms with E-state index in [1.54, 1.807) is 0 Å². The Labute approximate surface area is 355 Å². The van der Waals surface area contributed by atoms with E-state index in [4.69, 9.17) is 0 Å². The van der Waals surface area contributed by atoms with E-state index in [-0.39, 0.29) is 12.5 Å². The van der Waals surface area contributed by atoms with Gasteiger partial charge in [0.15, 0.2) is 0 Å². The van der Waals surface area contributed by atoms with Crippen LogP contribution in [0.2, 0.25) is 0 Å². The Hall–Kier alpha value is -1.43. The number of rotatable bonds is 46. The Bertz CT molecular complexity index is 885. The largest absolute Gasteiger partial charge is 0.394 e. The Morgan fingerprint density at radius 3 is 1.16 bits per heavy atom. The molecule has 0 bridgehead atoms. The summed E-state index contributed by atoms with van der Waals surface area (Å²) < 4.78 is 0. The average molecular weight is 802 g/mol. The van der Waals surface area contributed by atoms with Crippen LogP contribution in [0.1, 0.15) is 264 Å².